The monoisotopic (exact) mass is 374 g/mol. The highest BCUT2D eigenvalue weighted by atomic mass is 16.5. The average Bonchev–Trinajstić information content (AvgIpc) is 2.74. The van der Waals surface area contributed by atoms with Crippen LogP contribution in [0.25, 0.3) is 0 Å². The molecule has 0 unspecified atom stereocenters. The molecule has 28 heavy (non-hydrogen) atoms. The van der Waals surface area contributed by atoms with Crippen LogP contribution in [-0.4, -0.2) is 6.61 Å². The summed E-state index contributed by atoms with van der Waals surface area (Å²) in [6.07, 6.45) is 14.1. The first-order valence-corrected chi connectivity index (χ1v) is 10.8. The second-order valence-corrected chi connectivity index (χ2v) is 7.15. The molecule has 0 radical (unpaired) electrons. The Hall–Kier alpha value is -2.46. The number of aryl methyl sites for hydroxylation is 1. The van der Waals surface area contributed by atoms with E-state index in [1.165, 1.54) is 31.2 Å². The molecule has 0 bridgehead atoms. The third-order valence-corrected chi connectivity index (χ3v) is 4.68. The number of hydrogen-bond acceptors (Lipinski definition) is 1. The summed E-state index contributed by atoms with van der Waals surface area (Å²) in [6, 6.07) is 16.7. The molecule has 0 aromatic heterocycles. The van der Waals surface area contributed by atoms with Crippen molar-refractivity contribution in [3.63, 3.8) is 0 Å². The molecule has 0 heterocycles. The Morgan fingerprint density at radius 1 is 0.750 bits per heavy atom. The fourth-order valence-electron chi connectivity index (χ4n) is 2.96. The predicted molar refractivity (Wildman–Crippen MR) is 121 cm³/mol. The van der Waals surface area contributed by atoms with Gasteiger partial charge in [-0.05, 0) is 67.6 Å². The molecule has 2 aromatic carbocycles. The van der Waals surface area contributed by atoms with Crippen molar-refractivity contribution in [2.24, 2.45) is 0 Å². The van der Waals surface area contributed by atoms with Crippen LogP contribution in [-0.2, 0) is 6.42 Å². The minimum atomic E-state index is 0.801. The zero-order chi connectivity index (χ0) is 19.9. The van der Waals surface area contributed by atoms with Crippen LogP contribution < -0.4 is 4.74 Å². The van der Waals surface area contributed by atoms with Crippen LogP contribution in [0, 0.1) is 11.8 Å². The van der Waals surface area contributed by atoms with Crippen molar-refractivity contribution in [3.05, 3.63) is 77.4 Å². The molecule has 148 valence electrons. The van der Waals surface area contributed by atoms with Crippen molar-refractivity contribution in [1.29, 1.82) is 0 Å². The van der Waals surface area contributed by atoms with Gasteiger partial charge in [-0.25, -0.2) is 0 Å². The fourth-order valence-corrected chi connectivity index (χ4v) is 2.96. The molecular weight excluding hydrogens is 340 g/mol. The first-order valence-electron chi connectivity index (χ1n) is 10.8. The van der Waals surface area contributed by atoms with Gasteiger partial charge < -0.3 is 4.74 Å². The third kappa shape index (κ3) is 8.96. The highest BCUT2D eigenvalue weighted by Gasteiger charge is 1.95. The van der Waals surface area contributed by atoms with Gasteiger partial charge in [0.2, 0.25) is 0 Å². The first-order chi connectivity index (χ1) is 13.8. The van der Waals surface area contributed by atoms with Crippen LogP contribution in [0.15, 0.2) is 60.7 Å². The molecule has 0 amide bonds. The summed E-state index contributed by atoms with van der Waals surface area (Å²) < 4.78 is 5.81. The number of benzene rings is 2. The van der Waals surface area contributed by atoms with Gasteiger partial charge in [-0.3, -0.25) is 0 Å². The van der Waals surface area contributed by atoms with Crippen molar-refractivity contribution in [1.82, 2.24) is 0 Å². The molecule has 2 rings (SSSR count). The van der Waals surface area contributed by atoms with Gasteiger partial charge in [-0.15, -0.1) is 0 Å². The quantitative estimate of drug-likeness (QED) is 0.227. The normalized spacial score (nSPS) is 10.6. The molecule has 0 saturated carbocycles. The SMILES string of the molecule is CCC=CCCc1ccc(C#Cc2ccc(OCCCCCCC)cc2)cc1. The van der Waals surface area contributed by atoms with Crippen LogP contribution in [0.4, 0.5) is 0 Å². The highest BCUT2D eigenvalue weighted by Crippen LogP contribution is 2.13. The lowest BCUT2D eigenvalue weighted by Gasteiger charge is -2.05. The van der Waals surface area contributed by atoms with Gasteiger partial charge in [-0.2, -0.15) is 0 Å². The van der Waals surface area contributed by atoms with Crippen molar-refractivity contribution in [3.8, 4) is 17.6 Å². The van der Waals surface area contributed by atoms with Crippen molar-refractivity contribution in [2.45, 2.75) is 65.2 Å². The van der Waals surface area contributed by atoms with Gasteiger partial charge in [0, 0.05) is 11.1 Å². The largest absolute Gasteiger partial charge is 0.494 e. The minimum Gasteiger partial charge on any atom is -0.494 e. The Bertz CT molecular complexity index is 742. The topological polar surface area (TPSA) is 9.23 Å². The summed E-state index contributed by atoms with van der Waals surface area (Å²) in [6.45, 7) is 5.21. The molecule has 0 aliphatic heterocycles. The zero-order valence-electron chi connectivity index (χ0n) is 17.5. The Morgan fingerprint density at radius 3 is 2.04 bits per heavy atom. The van der Waals surface area contributed by atoms with Crippen LogP contribution in [0.3, 0.4) is 0 Å². The standard InChI is InChI=1S/C27H34O/c1-3-5-7-9-11-23-28-27-21-19-26(20-22-27)18-17-25-15-13-24(14-16-25)12-10-8-6-4-2/h6,8,13-16,19-22H,3-5,7,9-12,23H2,1-2H3. The molecule has 1 heteroatoms. The van der Waals surface area contributed by atoms with E-state index in [0.717, 1.165) is 49.2 Å². The lowest BCUT2D eigenvalue weighted by Crippen LogP contribution is -1.97. The lowest BCUT2D eigenvalue weighted by molar-refractivity contribution is 0.304. The van der Waals surface area contributed by atoms with Gasteiger partial charge in [-0.1, -0.05) is 75.7 Å². The van der Waals surface area contributed by atoms with Gasteiger partial charge in [0.15, 0.2) is 0 Å². The summed E-state index contributed by atoms with van der Waals surface area (Å²) >= 11 is 0. The Balaban J connectivity index is 1.77. The second-order valence-electron chi connectivity index (χ2n) is 7.15. The zero-order valence-corrected chi connectivity index (χ0v) is 17.5. The molecular formula is C27H34O. The van der Waals surface area contributed by atoms with E-state index in [1.54, 1.807) is 0 Å². The molecule has 0 aliphatic carbocycles. The molecule has 0 fully saturated rings. The smallest absolute Gasteiger partial charge is 0.119 e. The summed E-state index contributed by atoms with van der Waals surface area (Å²) in [4.78, 5) is 0. The Kier molecular flexibility index (Phi) is 10.7. The number of unbranched alkanes of at least 4 members (excludes halogenated alkanes) is 4. The number of hydrogen-bond donors (Lipinski definition) is 0. The Morgan fingerprint density at radius 2 is 1.39 bits per heavy atom. The van der Waals surface area contributed by atoms with Crippen LogP contribution >= 0.6 is 0 Å². The van der Waals surface area contributed by atoms with E-state index in [2.05, 4.69) is 62.1 Å². The average molecular weight is 375 g/mol. The van der Waals surface area contributed by atoms with Gasteiger partial charge in [0.1, 0.15) is 5.75 Å². The van der Waals surface area contributed by atoms with Gasteiger partial charge in [0.25, 0.3) is 0 Å². The van der Waals surface area contributed by atoms with Crippen molar-refractivity contribution >= 4 is 0 Å². The van der Waals surface area contributed by atoms with E-state index >= 15 is 0 Å². The number of allylic oxidation sites excluding steroid dienone is 2. The van der Waals surface area contributed by atoms with Crippen LogP contribution in [0.1, 0.15) is 75.5 Å². The molecule has 0 spiro atoms. The van der Waals surface area contributed by atoms with Gasteiger partial charge >= 0.3 is 0 Å². The van der Waals surface area contributed by atoms with E-state index in [9.17, 15) is 0 Å². The summed E-state index contributed by atoms with van der Waals surface area (Å²) in [5.41, 5.74) is 3.44. The Labute approximate surface area is 171 Å². The first kappa shape index (κ1) is 21.8. The molecule has 0 N–H and O–H groups in total. The maximum Gasteiger partial charge on any atom is 0.119 e. The maximum absolute atomic E-state index is 5.81. The number of ether oxygens (including phenoxy) is 1. The molecule has 2 aromatic rings. The molecule has 1 nitrogen and oxygen atoms in total. The van der Waals surface area contributed by atoms with Crippen LogP contribution in [0.2, 0.25) is 0 Å². The van der Waals surface area contributed by atoms with Gasteiger partial charge in [0.05, 0.1) is 6.61 Å². The van der Waals surface area contributed by atoms with E-state index in [0.29, 0.717) is 0 Å². The van der Waals surface area contributed by atoms with E-state index in [1.807, 2.05) is 24.3 Å². The fraction of sp³-hybridized carbons (Fsp3) is 0.407. The minimum absolute atomic E-state index is 0.801. The third-order valence-electron chi connectivity index (χ3n) is 4.68. The number of rotatable bonds is 11. The molecule has 0 aliphatic rings. The molecule has 0 atom stereocenters. The van der Waals surface area contributed by atoms with Crippen LogP contribution in [0.5, 0.6) is 5.75 Å². The summed E-state index contributed by atoms with van der Waals surface area (Å²) in [5.74, 6) is 7.43. The maximum atomic E-state index is 5.81. The van der Waals surface area contributed by atoms with Crippen molar-refractivity contribution in [2.75, 3.05) is 6.61 Å². The second kappa shape index (κ2) is 13.7. The molecule has 0 saturated heterocycles. The van der Waals surface area contributed by atoms with E-state index in [4.69, 9.17) is 4.74 Å². The van der Waals surface area contributed by atoms with Crippen molar-refractivity contribution < 1.29 is 4.74 Å². The van der Waals surface area contributed by atoms with E-state index in [-0.39, 0.29) is 0 Å². The van der Waals surface area contributed by atoms with E-state index < -0.39 is 0 Å². The summed E-state index contributed by atoms with van der Waals surface area (Å²) in [7, 11) is 0. The summed E-state index contributed by atoms with van der Waals surface area (Å²) in [5, 5.41) is 0. The highest BCUT2D eigenvalue weighted by molar-refractivity contribution is 5.44. The predicted octanol–water partition coefficient (Wildman–Crippen LogP) is 7.33. The lowest BCUT2D eigenvalue weighted by atomic mass is 10.1.